The fraction of sp³-hybridized carbons (Fsp3) is 0.588. The fourth-order valence-corrected chi connectivity index (χ4v) is 4.20. The lowest BCUT2D eigenvalue weighted by Crippen LogP contribution is -2.34. The van der Waals surface area contributed by atoms with Crippen LogP contribution in [0.3, 0.4) is 0 Å². The van der Waals surface area contributed by atoms with E-state index in [2.05, 4.69) is 4.90 Å². The van der Waals surface area contributed by atoms with E-state index in [0.29, 0.717) is 12.5 Å². The number of fused-ring (bicyclic) bond motifs is 2. The number of nitrogens with zero attached hydrogens (tertiary/aromatic N) is 1. The number of carboxylic acid groups (broad SMARTS) is 1. The summed E-state index contributed by atoms with van der Waals surface area (Å²) in [6.07, 6.45) is 5.59. The first kappa shape index (κ1) is 14.2. The van der Waals surface area contributed by atoms with Crippen LogP contribution < -0.4 is 10.6 Å². The van der Waals surface area contributed by atoms with E-state index in [1.807, 2.05) is 24.3 Å². The second-order valence-corrected chi connectivity index (χ2v) is 6.58. The van der Waals surface area contributed by atoms with Gasteiger partial charge in [-0.3, -0.25) is 4.79 Å². The molecule has 2 bridgehead atoms. The monoisotopic (exact) mass is 288 g/mol. The molecule has 3 N–H and O–H groups in total. The molecule has 1 aromatic rings. The molecule has 3 unspecified atom stereocenters. The lowest BCUT2D eigenvalue weighted by molar-refractivity contribution is -0.136. The summed E-state index contributed by atoms with van der Waals surface area (Å²) in [5.74, 6) is 1.71. The van der Waals surface area contributed by atoms with Crippen molar-refractivity contribution >= 4 is 17.3 Å². The Morgan fingerprint density at radius 3 is 2.71 bits per heavy atom. The molecule has 0 saturated heterocycles. The maximum atomic E-state index is 10.9. The van der Waals surface area contributed by atoms with Gasteiger partial charge >= 0.3 is 5.97 Å². The zero-order valence-corrected chi connectivity index (χ0v) is 12.4. The highest BCUT2D eigenvalue weighted by Crippen LogP contribution is 2.48. The number of hydrogen-bond donors (Lipinski definition) is 2. The van der Waals surface area contributed by atoms with E-state index in [1.54, 1.807) is 0 Å². The van der Waals surface area contributed by atoms with Crippen molar-refractivity contribution in [3.05, 3.63) is 24.3 Å². The molecule has 0 aliphatic heterocycles. The van der Waals surface area contributed by atoms with Gasteiger partial charge in [0.15, 0.2) is 0 Å². The van der Waals surface area contributed by atoms with Crippen molar-refractivity contribution in [1.29, 1.82) is 0 Å². The van der Waals surface area contributed by atoms with Crippen molar-refractivity contribution in [2.75, 3.05) is 23.7 Å². The van der Waals surface area contributed by atoms with E-state index in [4.69, 9.17) is 10.8 Å². The maximum Gasteiger partial charge on any atom is 0.305 e. The molecule has 2 aliphatic carbocycles. The van der Waals surface area contributed by atoms with Gasteiger partial charge in [0, 0.05) is 13.1 Å². The Hall–Kier alpha value is -1.71. The van der Waals surface area contributed by atoms with Gasteiger partial charge in [-0.05, 0) is 49.1 Å². The number of aliphatic carboxylic acids is 1. The normalized spacial score (nSPS) is 27.0. The first-order chi connectivity index (χ1) is 10.1. The summed E-state index contributed by atoms with van der Waals surface area (Å²) in [5, 5.41) is 8.99. The number of hydrogen-bond acceptors (Lipinski definition) is 3. The third kappa shape index (κ3) is 3.14. The van der Waals surface area contributed by atoms with E-state index in [0.717, 1.165) is 29.8 Å². The molecule has 2 saturated carbocycles. The summed E-state index contributed by atoms with van der Waals surface area (Å²) in [6, 6.07) is 7.79. The molecule has 0 amide bonds. The third-order valence-corrected chi connectivity index (χ3v) is 5.21. The average molecular weight is 288 g/mol. The summed E-state index contributed by atoms with van der Waals surface area (Å²) >= 11 is 0. The Bertz CT molecular complexity index is 517. The highest BCUT2D eigenvalue weighted by Gasteiger charge is 2.40. The second-order valence-electron chi connectivity index (χ2n) is 6.58. The predicted molar refractivity (Wildman–Crippen MR) is 84.3 cm³/mol. The Labute approximate surface area is 125 Å². The van der Waals surface area contributed by atoms with E-state index in [-0.39, 0.29) is 6.42 Å². The van der Waals surface area contributed by atoms with E-state index in [1.165, 1.54) is 25.7 Å². The van der Waals surface area contributed by atoms with Crippen molar-refractivity contribution in [1.82, 2.24) is 0 Å². The maximum absolute atomic E-state index is 10.9. The largest absolute Gasteiger partial charge is 0.481 e. The molecule has 4 heteroatoms. The van der Waals surface area contributed by atoms with Gasteiger partial charge in [0.25, 0.3) is 0 Å². The van der Waals surface area contributed by atoms with Gasteiger partial charge in [0.05, 0.1) is 17.8 Å². The van der Waals surface area contributed by atoms with Crippen LogP contribution in [0, 0.1) is 17.8 Å². The number of carbonyl (C=O) groups is 1. The molecule has 0 heterocycles. The molecule has 0 spiro atoms. The van der Waals surface area contributed by atoms with E-state index >= 15 is 0 Å². The van der Waals surface area contributed by atoms with Gasteiger partial charge in [-0.2, -0.15) is 0 Å². The Kier molecular flexibility index (Phi) is 4.04. The van der Waals surface area contributed by atoms with Crippen molar-refractivity contribution in [2.45, 2.75) is 32.1 Å². The molecule has 3 atom stereocenters. The lowest BCUT2D eigenvalue weighted by Gasteiger charge is -2.32. The van der Waals surface area contributed by atoms with Gasteiger partial charge in [-0.25, -0.2) is 0 Å². The average Bonchev–Trinajstić information content (AvgIpc) is 3.06. The highest BCUT2D eigenvalue weighted by molar-refractivity contribution is 5.70. The first-order valence-electron chi connectivity index (χ1n) is 7.94. The van der Waals surface area contributed by atoms with Gasteiger partial charge in [-0.1, -0.05) is 18.6 Å². The van der Waals surface area contributed by atoms with Crippen LogP contribution in [0.25, 0.3) is 0 Å². The van der Waals surface area contributed by atoms with Crippen LogP contribution in [0.2, 0.25) is 0 Å². The molecule has 114 valence electrons. The van der Waals surface area contributed by atoms with Crippen molar-refractivity contribution < 1.29 is 9.90 Å². The molecule has 1 aromatic carbocycles. The molecule has 0 aromatic heterocycles. The molecule has 3 rings (SSSR count). The fourth-order valence-electron chi connectivity index (χ4n) is 4.20. The lowest BCUT2D eigenvalue weighted by atomic mass is 9.88. The Balaban J connectivity index is 1.73. The van der Waals surface area contributed by atoms with Gasteiger partial charge < -0.3 is 15.7 Å². The minimum atomic E-state index is -0.748. The minimum Gasteiger partial charge on any atom is -0.481 e. The topological polar surface area (TPSA) is 66.6 Å². The highest BCUT2D eigenvalue weighted by atomic mass is 16.4. The summed E-state index contributed by atoms with van der Waals surface area (Å²) in [5.41, 5.74) is 7.82. The van der Waals surface area contributed by atoms with Crippen LogP contribution >= 0.6 is 0 Å². The second kappa shape index (κ2) is 5.96. The molecular formula is C17H24N2O2. The quantitative estimate of drug-likeness (QED) is 0.790. The molecule has 2 fully saturated rings. The van der Waals surface area contributed by atoms with Gasteiger partial charge in [-0.15, -0.1) is 0 Å². The summed E-state index contributed by atoms with van der Waals surface area (Å²) in [7, 11) is 0. The third-order valence-electron chi connectivity index (χ3n) is 5.21. The zero-order chi connectivity index (χ0) is 14.8. The predicted octanol–water partition coefficient (Wildman–Crippen LogP) is 2.99. The van der Waals surface area contributed by atoms with Gasteiger partial charge in [0.1, 0.15) is 0 Å². The molecule has 21 heavy (non-hydrogen) atoms. The van der Waals surface area contributed by atoms with Crippen LogP contribution in [-0.2, 0) is 4.79 Å². The number of nitrogens with two attached hydrogens (primary N) is 1. The van der Waals surface area contributed by atoms with Crippen molar-refractivity contribution in [3.63, 3.8) is 0 Å². The van der Waals surface area contributed by atoms with Crippen LogP contribution in [0.1, 0.15) is 32.1 Å². The molecular weight excluding hydrogens is 264 g/mol. The van der Waals surface area contributed by atoms with Crippen LogP contribution in [0.5, 0.6) is 0 Å². The first-order valence-corrected chi connectivity index (χ1v) is 7.94. The van der Waals surface area contributed by atoms with Crippen molar-refractivity contribution in [3.8, 4) is 0 Å². The number of benzene rings is 1. The van der Waals surface area contributed by atoms with Crippen LogP contribution in [-0.4, -0.2) is 24.2 Å². The van der Waals surface area contributed by atoms with Crippen LogP contribution in [0.15, 0.2) is 24.3 Å². The standard InChI is InChI=1S/C17H24N2O2/c18-15-3-1-2-4-16(15)19(8-7-17(20)21)11-14-10-12-5-6-13(14)9-12/h1-4,12-14H,5-11,18H2,(H,20,21). The van der Waals surface area contributed by atoms with E-state index in [9.17, 15) is 4.79 Å². The SMILES string of the molecule is Nc1ccccc1N(CCC(=O)O)CC1CC2CCC1C2. The molecule has 2 aliphatic rings. The summed E-state index contributed by atoms with van der Waals surface area (Å²) < 4.78 is 0. The number of carboxylic acids is 1. The minimum absolute atomic E-state index is 0.162. The Morgan fingerprint density at radius 2 is 2.10 bits per heavy atom. The molecule has 4 nitrogen and oxygen atoms in total. The zero-order valence-electron chi connectivity index (χ0n) is 12.4. The van der Waals surface area contributed by atoms with Crippen LogP contribution in [0.4, 0.5) is 11.4 Å². The number of nitrogen functional groups attached to an aromatic ring is 1. The van der Waals surface area contributed by atoms with Gasteiger partial charge in [0.2, 0.25) is 0 Å². The Morgan fingerprint density at radius 1 is 1.29 bits per heavy atom. The number of anilines is 2. The number of rotatable bonds is 6. The van der Waals surface area contributed by atoms with Crippen molar-refractivity contribution in [2.24, 2.45) is 17.8 Å². The smallest absolute Gasteiger partial charge is 0.305 e. The van der Waals surface area contributed by atoms with E-state index < -0.39 is 5.97 Å². The summed E-state index contributed by atoms with van der Waals surface area (Å²) in [4.78, 5) is 13.1. The number of para-hydroxylation sites is 2. The summed E-state index contributed by atoms with van der Waals surface area (Å²) in [6.45, 7) is 1.49. The molecule has 0 radical (unpaired) electrons.